The summed E-state index contributed by atoms with van der Waals surface area (Å²) in [5.74, 6) is -0.413. The predicted octanol–water partition coefficient (Wildman–Crippen LogP) is 2.42. The third kappa shape index (κ3) is 3.95. The highest BCUT2D eigenvalue weighted by Crippen LogP contribution is 2.19. The van der Waals surface area contributed by atoms with Crippen LogP contribution in [0.3, 0.4) is 0 Å². The van der Waals surface area contributed by atoms with Crippen LogP contribution in [0.15, 0.2) is 42.5 Å². The van der Waals surface area contributed by atoms with E-state index in [4.69, 9.17) is 5.73 Å². The molecule has 110 valence electrons. The highest BCUT2D eigenvalue weighted by molar-refractivity contribution is 6.00. The number of anilines is 2. The van der Waals surface area contributed by atoms with E-state index < -0.39 is 0 Å². The first-order chi connectivity index (χ1) is 10.1. The van der Waals surface area contributed by atoms with E-state index in [1.165, 1.54) is 12.1 Å². The molecule has 0 bridgehead atoms. The predicted molar refractivity (Wildman–Crippen MR) is 82.8 cm³/mol. The molecule has 5 heteroatoms. The van der Waals surface area contributed by atoms with Gasteiger partial charge in [-0.1, -0.05) is 12.1 Å². The molecular formula is C16H18FN3O. The molecule has 21 heavy (non-hydrogen) atoms. The number of hydrogen-bond donors (Lipinski definition) is 3. The maximum atomic E-state index is 12.8. The summed E-state index contributed by atoms with van der Waals surface area (Å²) in [4.78, 5) is 11.8. The van der Waals surface area contributed by atoms with Gasteiger partial charge in [0.05, 0.1) is 5.56 Å². The standard InChI is InChI=1S/C16H18FN3O/c1-19-16(21)14-7-6-13(18)10-15(14)20-9-8-11-2-4-12(17)5-3-11/h2-7,10,20H,8-9,18H2,1H3,(H,19,21). The van der Waals surface area contributed by atoms with Crippen LogP contribution in [0.5, 0.6) is 0 Å². The third-order valence-electron chi connectivity index (χ3n) is 3.16. The van der Waals surface area contributed by atoms with Crippen LogP contribution in [0.25, 0.3) is 0 Å². The van der Waals surface area contributed by atoms with E-state index >= 15 is 0 Å². The molecule has 0 aromatic heterocycles. The fourth-order valence-corrected chi connectivity index (χ4v) is 2.03. The van der Waals surface area contributed by atoms with Gasteiger partial charge in [0.2, 0.25) is 0 Å². The van der Waals surface area contributed by atoms with Crippen LogP contribution in [0.4, 0.5) is 15.8 Å². The molecule has 0 radical (unpaired) electrons. The largest absolute Gasteiger partial charge is 0.399 e. The molecule has 0 saturated carbocycles. The Morgan fingerprint density at radius 1 is 1.19 bits per heavy atom. The second-order valence-corrected chi connectivity index (χ2v) is 4.69. The molecular weight excluding hydrogens is 269 g/mol. The van der Waals surface area contributed by atoms with E-state index in [9.17, 15) is 9.18 Å². The average Bonchev–Trinajstić information content (AvgIpc) is 2.49. The van der Waals surface area contributed by atoms with Gasteiger partial charge in [-0.05, 0) is 42.3 Å². The van der Waals surface area contributed by atoms with Crippen molar-refractivity contribution in [1.82, 2.24) is 5.32 Å². The van der Waals surface area contributed by atoms with Crippen LogP contribution in [0.2, 0.25) is 0 Å². The normalized spacial score (nSPS) is 10.2. The van der Waals surface area contributed by atoms with Gasteiger partial charge in [0.15, 0.2) is 0 Å². The van der Waals surface area contributed by atoms with Crippen molar-refractivity contribution >= 4 is 17.3 Å². The number of carbonyl (C=O) groups excluding carboxylic acids is 1. The first-order valence-electron chi connectivity index (χ1n) is 6.70. The highest BCUT2D eigenvalue weighted by Gasteiger charge is 2.09. The van der Waals surface area contributed by atoms with E-state index in [-0.39, 0.29) is 11.7 Å². The van der Waals surface area contributed by atoms with Crippen molar-refractivity contribution in [3.8, 4) is 0 Å². The second kappa shape index (κ2) is 6.74. The number of nitrogen functional groups attached to an aromatic ring is 1. The van der Waals surface area contributed by atoms with Gasteiger partial charge in [-0.25, -0.2) is 4.39 Å². The fraction of sp³-hybridized carbons (Fsp3) is 0.188. The van der Waals surface area contributed by atoms with E-state index in [2.05, 4.69) is 10.6 Å². The fourth-order valence-electron chi connectivity index (χ4n) is 2.03. The summed E-state index contributed by atoms with van der Waals surface area (Å²) in [6, 6.07) is 11.5. The topological polar surface area (TPSA) is 67.2 Å². The Balaban J connectivity index is 2.03. The monoisotopic (exact) mass is 287 g/mol. The van der Waals surface area contributed by atoms with Crippen LogP contribution < -0.4 is 16.4 Å². The van der Waals surface area contributed by atoms with Crippen molar-refractivity contribution in [2.45, 2.75) is 6.42 Å². The number of hydrogen-bond acceptors (Lipinski definition) is 3. The van der Waals surface area contributed by atoms with Gasteiger partial charge in [-0.2, -0.15) is 0 Å². The van der Waals surface area contributed by atoms with E-state index in [1.54, 1.807) is 37.4 Å². The lowest BCUT2D eigenvalue weighted by atomic mass is 10.1. The van der Waals surface area contributed by atoms with Gasteiger partial charge in [-0.3, -0.25) is 4.79 Å². The lowest BCUT2D eigenvalue weighted by Crippen LogP contribution is -2.20. The van der Waals surface area contributed by atoms with Crippen molar-refractivity contribution < 1.29 is 9.18 Å². The Kier molecular flexibility index (Phi) is 4.77. The van der Waals surface area contributed by atoms with Crippen molar-refractivity contribution in [2.75, 3.05) is 24.6 Å². The molecule has 0 atom stereocenters. The summed E-state index contributed by atoms with van der Waals surface area (Å²) in [7, 11) is 1.58. The zero-order valence-electron chi connectivity index (χ0n) is 11.8. The number of benzene rings is 2. The number of rotatable bonds is 5. The molecule has 0 aliphatic heterocycles. The Morgan fingerprint density at radius 3 is 2.57 bits per heavy atom. The summed E-state index contributed by atoms with van der Waals surface area (Å²) >= 11 is 0. The van der Waals surface area contributed by atoms with Crippen LogP contribution in [0, 0.1) is 5.82 Å². The number of halogens is 1. The zero-order chi connectivity index (χ0) is 15.2. The summed E-state index contributed by atoms with van der Waals surface area (Å²) in [5, 5.41) is 5.79. The maximum Gasteiger partial charge on any atom is 0.253 e. The second-order valence-electron chi connectivity index (χ2n) is 4.69. The van der Waals surface area contributed by atoms with Gasteiger partial charge in [0.1, 0.15) is 5.82 Å². The summed E-state index contributed by atoms with van der Waals surface area (Å²) < 4.78 is 12.8. The molecule has 2 rings (SSSR count). The van der Waals surface area contributed by atoms with E-state index in [1.807, 2.05) is 0 Å². The van der Waals surface area contributed by atoms with Crippen molar-refractivity contribution in [3.05, 3.63) is 59.4 Å². The number of nitrogens with two attached hydrogens (primary N) is 1. The van der Waals surface area contributed by atoms with Crippen molar-refractivity contribution in [1.29, 1.82) is 0 Å². The molecule has 0 saturated heterocycles. The third-order valence-corrected chi connectivity index (χ3v) is 3.16. The SMILES string of the molecule is CNC(=O)c1ccc(N)cc1NCCc1ccc(F)cc1. The average molecular weight is 287 g/mol. The minimum Gasteiger partial charge on any atom is -0.399 e. The van der Waals surface area contributed by atoms with Gasteiger partial charge >= 0.3 is 0 Å². The maximum absolute atomic E-state index is 12.8. The molecule has 0 aliphatic carbocycles. The smallest absolute Gasteiger partial charge is 0.253 e. The molecule has 0 aliphatic rings. The van der Waals surface area contributed by atoms with E-state index in [0.29, 0.717) is 23.5 Å². The Bertz CT molecular complexity index is 626. The van der Waals surface area contributed by atoms with Crippen LogP contribution in [-0.4, -0.2) is 19.5 Å². The molecule has 0 fully saturated rings. The molecule has 2 aromatic carbocycles. The minimum atomic E-state index is -0.246. The quantitative estimate of drug-likeness (QED) is 0.740. The molecule has 1 amide bonds. The van der Waals surface area contributed by atoms with Gasteiger partial charge in [-0.15, -0.1) is 0 Å². The first-order valence-corrected chi connectivity index (χ1v) is 6.70. The molecule has 4 nitrogen and oxygen atoms in total. The van der Waals surface area contributed by atoms with Gasteiger partial charge < -0.3 is 16.4 Å². The summed E-state index contributed by atoms with van der Waals surface area (Å²) in [6.45, 7) is 0.624. The summed E-state index contributed by atoms with van der Waals surface area (Å²) in [6.07, 6.45) is 0.724. The van der Waals surface area contributed by atoms with Crippen molar-refractivity contribution in [3.63, 3.8) is 0 Å². The number of nitrogens with one attached hydrogen (secondary N) is 2. The Hall–Kier alpha value is -2.56. The van der Waals surface area contributed by atoms with Gasteiger partial charge in [0, 0.05) is 25.0 Å². The summed E-state index contributed by atoms with van der Waals surface area (Å²) in [5.41, 5.74) is 8.61. The zero-order valence-corrected chi connectivity index (χ0v) is 11.8. The van der Waals surface area contributed by atoms with Gasteiger partial charge in [0.25, 0.3) is 5.91 Å². The molecule has 2 aromatic rings. The molecule has 0 unspecified atom stereocenters. The highest BCUT2D eigenvalue weighted by atomic mass is 19.1. The van der Waals surface area contributed by atoms with Crippen LogP contribution in [0.1, 0.15) is 15.9 Å². The Labute approximate surface area is 123 Å². The van der Waals surface area contributed by atoms with Crippen LogP contribution >= 0.6 is 0 Å². The molecule has 4 N–H and O–H groups in total. The molecule has 0 spiro atoms. The number of carbonyl (C=O) groups is 1. The number of amides is 1. The first kappa shape index (κ1) is 14.8. The lowest BCUT2D eigenvalue weighted by molar-refractivity contribution is 0.0964. The van der Waals surface area contributed by atoms with Crippen LogP contribution in [-0.2, 0) is 6.42 Å². The Morgan fingerprint density at radius 2 is 1.90 bits per heavy atom. The lowest BCUT2D eigenvalue weighted by Gasteiger charge is -2.12. The minimum absolute atomic E-state index is 0.167. The van der Waals surface area contributed by atoms with Crippen molar-refractivity contribution in [2.24, 2.45) is 0 Å². The van der Waals surface area contributed by atoms with E-state index in [0.717, 1.165) is 12.0 Å². The molecule has 0 heterocycles.